The lowest BCUT2D eigenvalue weighted by Gasteiger charge is -2.12. The molecular weight excluding hydrogens is 408 g/mol. The van der Waals surface area contributed by atoms with Gasteiger partial charge < -0.3 is 9.47 Å². The van der Waals surface area contributed by atoms with Gasteiger partial charge in [0, 0.05) is 5.02 Å². The SMILES string of the molecule is COc1cccc(/C=N/NC(=O)COc2cc(C)c(Cl)c(C)c2Br)c1. The smallest absolute Gasteiger partial charge is 0.277 e. The Balaban J connectivity index is 1.92. The maximum Gasteiger partial charge on any atom is 0.277 e. The van der Waals surface area contributed by atoms with Gasteiger partial charge in [-0.15, -0.1) is 0 Å². The van der Waals surface area contributed by atoms with Crippen LogP contribution in [-0.2, 0) is 4.79 Å². The summed E-state index contributed by atoms with van der Waals surface area (Å²) in [6, 6.07) is 9.12. The zero-order valence-electron chi connectivity index (χ0n) is 14.1. The van der Waals surface area contributed by atoms with Crippen molar-refractivity contribution in [3.63, 3.8) is 0 Å². The van der Waals surface area contributed by atoms with Gasteiger partial charge in [0.1, 0.15) is 11.5 Å². The van der Waals surface area contributed by atoms with Crippen molar-refractivity contribution >= 4 is 39.7 Å². The van der Waals surface area contributed by atoms with Gasteiger partial charge in [0.25, 0.3) is 5.91 Å². The number of hydrogen-bond acceptors (Lipinski definition) is 4. The molecule has 7 heteroatoms. The molecule has 2 rings (SSSR count). The van der Waals surface area contributed by atoms with Crippen LogP contribution in [0.15, 0.2) is 39.9 Å². The Morgan fingerprint density at radius 1 is 1.36 bits per heavy atom. The van der Waals surface area contributed by atoms with Gasteiger partial charge in [0.05, 0.1) is 17.8 Å². The third-order valence-corrected chi connectivity index (χ3v) is 4.99. The lowest BCUT2D eigenvalue weighted by molar-refractivity contribution is -0.123. The van der Waals surface area contributed by atoms with Crippen molar-refractivity contribution < 1.29 is 14.3 Å². The van der Waals surface area contributed by atoms with Crippen molar-refractivity contribution in [2.75, 3.05) is 13.7 Å². The van der Waals surface area contributed by atoms with Crippen LogP contribution in [0.2, 0.25) is 5.02 Å². The van der Waals surface area contributed by atoms with E-state index in [1.54, 1.807) is 13.2 Å². The second-order valence-corrected chi connectivity index (χ2v) is 6.47. The quantitative estimate of drug-likeness (QED) is 0.556. The number of hydrogen-bond donors (Lipinski definition) is 1. The summed E-state index contributed by atoms with van der Waals surface area (Å²) >= 11 is 9.60. The summed E-state index contributed by atoms with van der Waals surface area (Å²) < 4.78 is 11.4. The molecular formula is C18H18BrClN2O3. The molecule has 0 bridgehead atoms. The van der Waals surface area contributed by atoms with Crippen molar-refractivity contribution in [1.82, 2.24) is 5.43 Å². The third kappa shape index (κ3) is 5.21. The molecule has 1 N–H and O–H groups in total. The number of aryl methyl sites for hydroxylation is 1. The highest BCUT2D eigenvalue weighted by atomic mass is 79.9. The molecule has 0 aliphatic rings. The first-order chi connectivity index (χ1) is 11.9. The molecule has 0 aliphatic heterocycles. The number of rotatable bonds is 6. The number of carbonyl (C=O) groups excluding carboxylic acids is 1. The van der Waals surface area contributed by atoms with Crippen LogP contribution < -0.4 is 14.9 Å². The van der Waals surface area contributed by atoms with Crippen LogP contribution in [0, 0.1) is 13.8 Å². The van der Waals surface area contributed by atoms with Gasteiger partial charge in [-0.1, -0.05) is 23.7 Å². The molecule has 0 saturated heterocycles. The standard InChI is InChI=1S/C18H18BrClN2O3/c1-11-7-15(17(19)12(2)18(11)20)25-10-16(23)22-21-9-13-5-4-6-14(8-13)24-3/h4-9H,10H2,1-3H3,(H,22,23)/b21-9+. The van der Waals surface area contributed by atoms with Crippen molar-refractivity contribution in [3.8, 4) is 11.5 Å². The summed E-state index contributed by atoms with van der Waals surface area (Å²) in [5.41, 5.74) is 4.99. The summed E-state index contributed by atoms with van der Waals surface area (Å²) in [5, 5.41) is 4.58. The number of methoxy groups -OCH3 is 1. The van der Waals surface area contributed by atoms with E-state index in [2.05, 4.69) is 26.5 Å². The highest BCUT2D eigenvalue weighted by molar-refractivity contribution is 9.10. The minimum Gasteiger partial charge on any atom is -0.497 e. The fourth-order valence-corrected chi connectivity index (χ4v) is 2.77. The van der Waals surface area contributed by atoms with Gasteiger partial charge in [0.15, 0.2) is 6.61 Å². The van der Waals surface area contributed by atoms with Gasteiger partial charge >= 0.3 is 0 Å². The number of nitrogens with one attached hydrogen (secondary N) is 1. The predicted octanol–water partition coefficient (Wildman–Crippen LogP) is 4.26. The number of carbonyl (C=O) groups is 1. The van der Waals surface area contributed by atoms with Crippen LogP contribution in [0.25, 0.3) is 0 Å². The zero-order chi connectivity index (χ0) is 18.4. The van der Waals surface area contributed by atoms with Crippen LogP contribution in [0.5, 0.6) is 11.5 Å². The molecule has 0 spiro atoms. The second kappa shape index (κ2) is 8.87. The lowest BCUT2D eigenvalue weighted by Crippen LogP contribution is -2.24. The molecule has 0 aromatic heterocycles. The maximum absolute atomic E-state index is 11.9. The molecule has 0 atom stereocenters. The Bertz CT molecular complexity index is 809. The Hall–Kier alpha value is -2.05. The average molecular weight is 426 g/mol. The Morgan fingerprint density at radius 2 is 2.12 bits per heavy atom. The molecule has 0 saturated carbocycles. The van der Waals surface area contributed by atoms with Crippen LogP contribution in [0.1, 0.15) is 16.7 Å². The van der Waals surface area contributed by atoms with E-state index >= 15 is 0 Å². The van der Waals surface area contributed by atoms with Crippen molar-refractivity contribution in [2.24, 2.45) is 5.10 Å². The van der Waals surface area contributed by atoms with E-state index in [1.165, 1.54) is 6.21 Å². The molecule has 0 radical (unpaired) electrons. The highest BCUT2D eigenvalue weighted by Crippen LogP contribution is 2.35. The van der Waals surface area contributed by atoms with Crippen molar-refractivity contribution in [1.29, 1.82) is 0 Å². The summed E-state index contributed by atoms with van der Waals surface area (Å²) in [7, 11) is 1.59. The Morgan fingerprint density at radius 3 is 2.84 bits per heavy atom. The Labute approximate surface area is 160 Å². The first-order valence-electron chi connectivity index (χ1n) is 7.46. The molecule has 5 nitrogen and oxygen atoms in total. The van der Waals surface area contributed by atoms with Crippen LogP contribution in [-0.4, -0.2) is 25.8 Å². The van der Waals surface area contributed by atoms with E-state index in [1.807, 2.05) is 38.1 Å². The first kappa shape index (κ1) is 19.3. The fourth-order valence-electron chi connectivity index (χ4n) is 2.08. The van der Waals surface area contributed by atoms with Crippen LogP contribution >= 0.6 is 27.5 Å². The van der Waals surface area contributed by atoms with Crippen molar-refractivity contribution in [3.05, 3.63) is 56.5 Å². The van der Waals surface area contributed by atoms with E-state index in [0.29, 0.717) is 10.8 Å². The number of benzene rings is 2. The lowest BCUT2D eigenvalue weighted by atomic mass is 10.1. The largest absolute Gasteiger partial charge is 0.497 e. The molecule has 0 unspecified atom stereocenters. The summed E-state index contributed by atoms with van der Waals surface area (Å²) in [6.07, 6.45) is 1.53. The number of hydrazone groups is 1. The molecule has 0 aliphatic carbocycles. The Kier molecular flexibility index (Phi) is 6.84. The fraction of sp³-hybridized carbons (Fsp3) is 0.222. The molecule has 132 valence electrons. The molecule has 25 heavy (non-hydrogen) atoms. The minimum absolute atomic E-state index is 0.158. The number of halogens is 2. The number of amides is 1. The minimum atomic E-state index is -0.365. The summed E-state index contributed by atoms with van der Waals surface area (Å²) in [5.74, 6) is 0.916. The monoisotopic (exact) mass is 424 g/mol. The van der Waals surface area contributed by atoms with Gasteiger partial charge in [-0.2, -0.15) is 5.10 Å². The van der Waals surface area contributed by atoms with Gasteiger partial charge in [-0.3, -0.25) is 4.79 Å². The van der Waals surface area contributed by atoms with E-state index in [9.17, 15) is 4.79 Å². The van der Waals surface area contributed by atoms with E-state index in [-0.39, 0.29) is 12.5 Å². The van der Waals surface area contributed by atoms with Crippen LogP contribution in [0.3, 0.4) is 0 Å². The first-order valence-corrected chi connectivity index (χ1v) is 8.63. The molecule has 1 amide bonds. The number of nitrogens with zero attached hydrogens (tertiary/aromatic N) is 1. The van der Waals surface area contributed by atoms with Crippen LogP contribution in [0.4, 0.5) is 0 Å². The van der Waals surface area contributed by atoms with Crippen molar-refractivity contribution in [2.45, 2.75) is 13.8 Å². The van der Waals surface area contributed by atoms with Gasteiger partial charge in [-0.05, 0) is 64.7 Å². The van der Waals surface area contributed by atoms with Gasteiger partial charge in [0.2, 0.25) is 0 Å². The van der Waals surface area contributed by atoms with E-state index in [0.717, 1.165) is 26.9 Å². The predicted molar refractivity (Wildman–Crippen MR) is 103 cm³/mol. The van der Waals surface area contributed by atoms with Gasteiger partial charge in [-0.25, -0.2) is 5.43 Å². The van der Waals surface area contributed by atoms with E-state index < -0.39 is 0 Å². The highest BCUT2D eigenvalue weighted by Gasteiger charge is 2.12. The number of ether oxygens (including phenoxy) is 2. The molecule has 0 fully saturated rings. The topological polar surface area (TPSA) is 59.9 Å². The second-order valence-electron chi connectivity index (χ2n) is 5.30. The maximum atomic E-state index is 11.9. The summed E-state index contributed by atoms with van der Waals surface area (Å²) in [6.45, 7) is 3.60. The molecule has 0 heterocycles. The third-order valence-electron chi connectivity index (χ3n) is 3.42. The zero-order valence-corrected chi connectivity index (χ0v) is 16.4. The average Bonchev–Trinajstić information content (AvgIpc) is 2.62. The summed E-state index contributed by atoms with van der Waals surface area (Å²) in [4.78, 5) is 11.9. The molecule has 2 aromatic carbocycles. The molecule has 2 aromatic rings. The van der Waals surface area contributed by atoms with E-state index in [4.69, 9.17) is 21.1 Å². The normalized spacial score (nSPS) is 10.8.